The van der Waals surface area contributed by atoms with Crippen LogP contribution in [-0.4, -0.2) is 69.8 Å². The van der Waals surface area contributed by atoms with Crippen LogP contribution in [0, 0.1) is 6.92 Å². The number of carbonyl (C=O) groups excluding carboxylic acids is 1. The van der Waals surface area contributed by atoms with E-state index in [4.69, 9.17) is 9.52 Å². The lowest BCUT2D eigenvalue weighted by atomic mass is 9.93. The first-order valence-electron chi connectivity index (χ1n) is 13.6. The molecule has 214 valence electrons. The number of hydrogen-bond donors (Lipinski definition) is 1. The molecular weight excluding hydrogens is 535 g/mol. The second kappa shape index (κ2) is 11.0. The molecule has 1 aliphatic heterocycles. The first kappa shape index (κ1) is 27.0. The molecule has 4 aromatic rings. The molecule has 1 saturated heterocycles. The van der Waals surface area contributed by atoms with E-state index in [9.17, 15) is 18.0 Å². The molecule has 0 saturated carbocycles. The number of alkyl halides is 3. The Hall–Kier alpha value is -4.19. The average Bonchev–Trinajstić information content (AvgIpc) is 3.53. The van der Waals surface area contributed by atoms with Crippen molar-refractivity contribution in [2.45, 2.75) is 32.5 Å². The molecule has 1 N–H and O–H groups in total. The van der Waals surface area contributed by atoms with Gasteiger partial charge < -0.3 is 14.6 Å². The van der Waals surface area contributed by atoms with Gasteiger partial charge in [-0.3, -0.25) is 19.4 Å². The van der Waals surface area contributed by atoms with E-state index in [1.54, 1.807) is 6.20 Å². The number of aryl methyl sites for hydroxylation is 2. The Kier molecular flexibility index (Phi) is 7.24. The van der Waals surface area contributed by atoms with Gasteiger partial charge in [0.15, 0.2) is 5.76 Å². The van der Waals surface area contributed by atoms with Gasteiger partial charge in [-0.15, -0.1) is 0 Å². The van der Waals surface area contributed by atoms with Crippen LogP contribution in [-0.2, 0) is 25.6 Å². The van der Waals surface area contributed by atoms with Crippen LogP contribution in [0.1, 0.15) is 38.7 Å². The van der Waals surface area contributed by atoms with E-state index in [0.29, 0.717) is 50.7 Å². The summed E-state index contributed by atoms with van der Waals surface area (Å²) < 4.78 is 46.4. The van der Waals surface area contributed by atoms with E-state index in [1.165, 1.54) is 6.07 Å². The van der Waals surface area contributed by atoms with Crippen molar-refractivity contribution in [3.63, 3.8) is 0 Å². The van der Waals surface area contributed by atoms with Crippen LogP contribution in [0.2, 0.25) is 0 Å². The lowest BCUT2D eigenvalue weighted by molar-refractivity contribution is -0.137. The monoisotopic (exact) mass is 565 g/mol. The van der Waals surface area contributed by atoms with E-state index in [1.807, 2.05) is 40.9 Å². The van der Waals surface area contributed by atoms with Crippen LogP contribution in [0.5, 0.6) is 0 Å². The number of nitrogens with zero attached hydrogens (tertiary/aromatic N) is 6. The molecule has 5 heterocycles. The highest BCUT2D eigenvalue weighted by molar-refractivity contribution is 5.95. The van der Waals surface area contributed by atoms with E-state index in [-0.39, 0.29) is 5.91 Å². The molecule has 0 aromatic carbocycles. The zero-order chi connectivity index (χ0) is 28.6. The molecule has 0 bridgehead atoms. The minimum Gasteiger partial charge on any atom is -0.455 e. The summed E-state index contributed by atoms with van der Waals surface area (Å²) in [5, 5.41) is 7.79. The predicted molar refractivity (Wildman–Crippen MR) is 146 cm³/mol. The summed E-state index contributed by atoms with van der Waals surface area (Å²) >= 11 is 0. The average molecular weight is 566 g/mol. The molecule has 1 amide bonds. The Morgan fingerprint density at radius 3 is 2.61 bits per heavy atom. The third-order valence-electron chi connectivity index (χ3n) is 7.66. The van der Waals surface area contributed by atoms with E-state index < -0.39 is 11.7 Å². The highest BCUT2D eigenvalue weighted by Crippen LogP contribution is 2.38. The topological polar surface area (TPSA) is 92.3 Å². The second-order valence-corrected chi connectivity index (χ2v) is 10.4. The van der Waals surface area contributed by atoms with Crippen LogP contribution in [0.3, 0.4) is 0 Å². The first-order chi connectivity index (χ1) is 19.8. The molecule has 2 aliphatic rings. The van der Waals surface area contributed by atoms with Crippen molar-refractivity contribution < 1.29 is 22.4 Å². The molecule has 41 heavy (non-hydrogen) atoms. The Morgan fingerprint density at radius 2 is 1.90 bits per heavy atom. The quantitative estimate of drug-likeness (QED) is 0.363. The summed E-state index contributed by atoms with van der Waals surface area (Å²) in [4.78, 5) is 25.6. The molecule has 0 radical (unpaired) electrons. The highest BCUT2D eigenvalue weighted by atomic mass is 19.4. The van der Waals surface area contributed by atoms with Crippen LogP contribution < -0.4 is 10.2 Å². The van der Waals surface area contributed by atoms with E-state index in [2.05, 4.69) is 20.2 Å². The summed E-state index contributed by atoms with van der Waals surface area (Å²) in [6.07, 6.45) is 1.81. The summed E-state index contributed by atoms with van der Waals surface area (Å²) in [5.41, 5.74) is 3.87. The van der Waals surface area contributed by atoms with Gasteiger partial charge in [-0.2, -0.15) is 18.3 Å². The van der Waals surface area contributed by atoms with Gasteiger partial charge in [-0.25, -0.2) is 4.98 Å². The molecule has 12 heteroatoms. The van der Waals surface area contributed by atoms with Crippen LogP contribution in [0.4, 0.5) is 19.0 Å². The van der Waals surface area contributed by atoms with Crippen LogP contribution in [0.15, 0.2) is 53.3 Å². The summed E-state index contributed by atoms with van der Waals surface area (Å²) in [6.45, 7) is 6.30. The minimum atomic E-state index is -4.39. The standard InChI is InChI=1S/C29H30F3N7O2/c1-19-25-23(7-5-20-17-39(36-26(20)25)18-22-4-2-3-9-33-22)41-27(19)28(40)34-10-11-37-12-14-38(15-13-37)24-8-6-21(16-35-24)29(30,31)32/h2-4,6,8-9,16-17H,5,7,10-15,18H2,1H3,(H,34,40). The third kappa shape index (κ3) is 5.69. The molecule has 9 nitrogen and oxygen atoms in total. The number of furan rings is 1. The van der Waals surface area contributed by atoms with E-state index in [0.717, 1.165) is 65.6 Å². The number of piperazine rings is 1. The molecule has 4 aromatic heterocycles. The van der Waals surface area contributed by atoms with Crippen molar-refractivity contribution in [1.29, 1.82) is 0 Å². The number of pyridine rings is 2. The van der Waals surface area contributed by atoms with Gasteiger partial charge in [0.25, 0.3) is 5.91 Å². The molecule has 1 aliphatic carbocycles. The number of nitrogens with one attached hydrogen (secondary N) is 1. The van der Waals surface area contributed by atoms with Crippen LogP contribution in [0.25, 0.3) is 11.3 Å². The smallest absolute Gasteiger partial charge is 0.417 e. The van der Waals surface area contributed by atoms with Crippen molar-refractivity contribution >= 4 is 11.7 Å². The largest absolute Gasteiger partial charge is 0.455 e. The zero-order valence-corrected chi connectivity index (χ0v) is 22.6. The lowest BCUT2D eigenvalue weighted by Gasteiger charge is -2.35. The normalized spacial score (nSPS) is 15.5. The maximum absolute atomic E-state index is 13.1. The van der Waals surface area contributed by atoms with Crippen molar-refractivity contribution in [2.75, 3.05) is 44.2 Å². The summed E-state index contributed by atoms with van der Waals surface area (Å²) in [5.74, 6) is 1.39. The van der Waals surface area contributed by atoms with Crippen LogP contribution >= 0.6 is 0 Å². The van der Waals surface area contributed by atoms with Gasteiger partial charge in [0.2, 0.25) is 0 Å². The summed E-state index contributed by atoms with van der Waals surface area (Å²) in [6, 6.07) is 8.28. The van der Waals surface area contributed by atoms with Gasteiger partial charge in [-0.05, 0) is 43.2 Å². The molecule has 6 rings (SSSR count). The molecular formula is C29H30F3N7O2. The number of halogens is 3. The second-order valence-electron chi connectivity index (χ2n) is 10.4. The number of carbonyl (C=O) groups is 1. The minimum absolute atomic E-state index is 0.251. The molecule has 0 atom stereocenters. The number of anilines is 1. The Labute approximate surface area is 235 Å². The number of aromatic nitrogens is 4. The Balaban J connectivity index is 1.03. The maximum atomic E-state index is 13.1. The van der Waals surface area contributed by atoms with Crippen molar-refractivity contribution in [3.05, 3.63) is 82.8 Å². The SMILES string of the molecule is Cc1c(C(=O)NCCN2CCN(c3ccc(C(F)(F)F)cn3)CC2)oc2c1-c1nn(Cc3ccccn3)cc1CC2. The number of amides is 1. The zero-order valence-electron chi connectivity index (χ0n) is 22.6. The van der Waals surface area contributed by atoms with Crippen molar-refractivity contribution in [2.24, 2.45) is 0 Å². The van der Waals surface area contributed by atoms with Gasteiger partial charge >= 0.3 is 6.18 Å². The fourth-order valence-corrected chi connectivity index (χ4v) is 5.47. The fourth-order valence-electron chi connectivity index (χ4n) is 5.47. The van der Waals surface area contributed by atoms with Crippen molar-refractivity contribution in [1.82, 2.24) is 30.0 Å². The predicted octanol–water partition coefficient (Wildman–Crippen LogP) is 3.96. The fraction of sp³-hybridized carbons (Fsp3) is 0.379. The Bertz CT molecular complexity index is 1520. The van der Waals surface area contributed by atoms with Gasteiger partial charge in [0, 0.05) is 75.4 Å². The van der Waals surface area contributed by atoms with Gasteiger partial charge in [-0.1, -0.05) is 6.07 Å². The van der Waals surface area contributed by atoms with Gasteiger partial charge in [0.05, 0.1) is 23.5 Å². The highest BCUT2D eigenvalue weighted by Gasteiger charge is 2.32. The molecule has 0 unspecified atom stereocenters. The number of rotatable bonds is 7. The van der Waals surface area contributed by atoms with Crippen molar-refractivity contribution in [3.8, 4) is 11.3 Å². The van der Waals surface area contributed by atoms with Gasteiger partial charge in [0.1, 0.15) is 11.6 Å². The third-order valence-corrected chi connectivity index (χ3v) is 7.66. The molecule has 1 fully saturated rings. The maximum Gasteiger partial charge on any atom is 0.417 e. The molecule has 0 spiro atoms. The van der Waals surface area contributed by atoms with E-state index >= 15 is 0 Å². The number of fused-ring (bicyclic) bond motifs is 3. The number of hydrogen-bond acceptors (Lipinski definition) is 7. The first-order valence-corrected chi connectivity index (χ1v) is 13.6. The summed E-state index contributed by atoms with van der Waals surface area (Å²) in [7, 11) is 0. The lowest BCUT2D eigenvalue weighted by Crippen LogP contribution is -2.48. The Morgan fingerprint density at radius 1 is 1.07 bits per heavy atom.